The van der Waals surface area contributed by atoms with Crippen LogP contribution in [0.5, 0.6) is 17.4 Å². The maximum Gasteiger partial charge on any atom is 0.275 e. The number of nitrogens with zero attached hydrogens (tertiary/aromatic N) is 4. The van der Waals surface area contributed by atoms with Crippen LogP contribution in [0.2, 0.25) is 0 Å². The molecule has 0 bridgehead atoms. The number of fused-ring (bicyclic) bond motifs is 4. The number of pyridine rings is 1. The summed E-state index contributed by atoms with van der Waals surface area (Å²) in [5, 5.41) is 3.41. The summed E-state index contributed by atoms with van der Waals surface area (Å²) in [6.07, 6.45) is 8.24. The molecule has 0 unspecified atom stereocenters. The fourth-order valence-electron chi connectivity index (χ4n) is 4.75. The second-order valence-corrected chi connectivity index (χ2v) is 9.87. The minimum Gasteiger partial charge on any atom is -0.480 e. The van der Waals surface area contributed by atoms with Crippen LogP contribution in [0.15, 0.2) is 53.9 Å². The third-order valence-electron chi connectivity index (χ3n) is 6.54. The van der Waals surface area contributed by atoms with Crippen LogP contribution in [0.4, 0.5) is 5.69 Å². The third kappa shape index (κ3) is 4.30. The molecule has 3 aliphatic heterocycles. The van der Waals surface area contributed by atoms with Crippen LogP contribution in [-0.4, -0.2) is 52.1 Å². The fourth-order valence-corrected chi connectivity index (χ4v) is 5.57. The number of anilines is 1. The average molecular weight is 517 g/mol. The summed E-state index contributed by atoms with van der Waals surface area (Å²) in [6, 6.07) is 7.53. The Labute approximate surface area is 217 Å². The number of methoxy groups -OCH3 is 1. The van der Waals surface area contributed by atoms with Gasteiger partial charge in [-0.15, -0.1) is 0 Å². The average Bonchev–Trinajstić information content (AvgIpc) is 2.94. The SMILES string of the molecule is COc1cnc(C(=O)Nc2ccc3c(c2)[C@@]2(CCSC(N)=N2)c2cc(C4=CCCOC4)ncc2O3)cn1. The maximum atomic E-state index is 12.9. The molecule has 6 rings (SSSR count). The zero-order valence-electron chi connectivity index (χ0n) is 20.1. The molecule has 3 N–H and O–H groups in total. The van der Waals surface area contributed by atoms with Crippen LogP contribution >= 0.6 is 11.8 Å². The van der Waals surface area contributed by atoms with E-state index in [-0.39, 0.29) is 11.6 Å². The first-order valence-corrected chi connectivity index (χ1v) is 12.8. The first-order valence-electron chi connectivity index (χ1n) is 11.8. The van der Waals surface area contributed by atoms with Gasteiger partial charge in [0.05, 0.1) is 44.6 Å². The van der Waals surface area contributed by atoms with E-state index in [1.54, 1.807) is 12.3 Å². The number of ether oxygens (including phenoxy) is 3. The van der Waals surface area contributed by atoms with Crippen LogP contribution in [0, 0.1) is 0 Å². The molecule has 10 nitrogen and oxygen atoms in total. The Hall–Kier alpha value is -3.96. The molecule has 0 fully saturated rings. The maximum absolute atomic E-state index is 12.9. The number of amides is 1. The van der Waals surface area contributed by atoms with Gasteiger partial charge in [0.15, 0.2) is 10.9 Å². The summed E-state index contributed by atoms with van der Waals surface area (Å²) < 4.78 is 16.9. The van der Waals surface area contributed by atoms with Gasteiger partial charge < -0.3 is 25.3 Å². The third-order valence-corrected chi connectivity index (χ3v) is 7.34. The van der Waals surface area contributed by atoms with Gasteiger partial charge in [0.1, 0.15) is 17.0 Å². The number of carbonyl (C=O) groups is 1. The Morgan fingerprint density at radius 2 is 2.03 bits per heavy atom. The molecule has 0 radical (unpaired) electrons. The zero-order chi connectivity index (χ0) is 25.4. The largest absolute Gasteiger partial charge is 0.480 e. The normalized spacial score (nSPS) is 20.1. The van der Waals surface area contributed by atoms with Gasteiger partial charge in [-0.1, -0.05) is 17.8 Å². The predicted octanol–water partition coefficient (Wildman–Crippen LogP) is 3.74. The van der Waals surface area contributed by atoms with Crippen LogP contribution in [0.1, 0.15) is 40.2 Å². The standard InChI is InChI=1S/C26H24N6O4S/c1-34-23-13-29-20(11-30-23)24(33)31-16-4-5-21-17(9-16)26(6-8-37-25(27)32-26)18-10-19(28-12-22(18)36-21)15-3-2-7-35-14-15/h3-5,9-13H,2,6-8,14H2,1H3,(H2,27,32)(H,31,33)/t26-/m0/s1. The lowest BCUT2D eigenvalue weighted by molar-refractivity contribution is 0.102. The number of aromatic nitrogens is 3. The number of aliphatic imine (C=N–C) groups is 1. The van der Waals surface area contributed by atoms with E-state index in [0.717, 1.165) is 34.6 Å². The van der Waals surface area contributed by atoms with Gasteiger partial charge in [-0.25, -0.2) is 15.0 Å². The van der Waals surface area contributed by atoms with Gasteiger partial charge in [0.25, 0.3) is 5.91 Å². The number of thioether (sulfide) groups is 1. The van der Waals surface area contributed by atoms with Gasteiger partial charge in [-0.3, -0.25) is 9.78 Å². The number of nitrogens with one attached hydrogen (secondary N) is 1. The Morgan fingerprint density at radius 3 is 2.78 bits per heavy atom. The van der Waals surface area contributed by atoms with E-state index in [0.29, 0.717) is 47.9 Å². The van der Waals surface area contributed by atoms with Crippen molar-refractivity contribution in [2.45, 2.75) is 18.4 Å². The van der Waals surface area contributed by atoms with Crippen molar-refractivity contribution in [2.24, 2.45) is 10.7 Å². The summed E-state index contributed by atoms with van der Waals surface area (Å²) in [7, 11) is 1.49. The molecule has 5 heterocycles. The number of carbonyl (C=O) groups excluding carboxylic acids is 1. The molecule has 1 amide bonds. The van der Waals surface area contributed by atoms with Crippen LogP contribution < -0.4 is 20.5 Å². The van der Waals surface area contributed by atoms with E-state index < -0.39 is 5.54 Å². The Bertz CT molecular complexity index is 1440. The number of nitrogens with two attached hydrogens (primary N) is 1. The summed E-state index contributed by atoms with van der Waals surface area (Å²) in [6.45, 7) is 1.23. The first kappa shape index (κ1) is 23.4. The summed E-state index contributed by atoms with van der Waals surface area (Å²) in [5.74, 6) is 2.02. The molecule has 3 aliphatic rings. The van der Waals surface area contributed by atoms with Crippen LogP contribution in [0.25, 0.3) is 5.57 Å². The Balaban J connectivity index is 1.40. The minimum atomic E-state index is -0.771. The molecular weight excluding hydrogens is 492 g/mol. The van der Waals surface area contributed by atoms with Crippen molar-refractivity contribution in [3.05, 3.63) is 71.4 Å². The summed E-state index contributed by atoms with van der Waals surface area (Å²) >= 11 is 1.53. The molecule has 0 saturated heterocycles. The highest BCUT2D eigenvalue weighted by Gasteiger charge is 2.44. The van der Waals surface area contributed by atoms with E-state index in [2.05, 4.69) is 26.3 Å². The molecule has 11 heteroatoms. The molecule has 37 heavy (non-hydrogen) atoms. The van der Waals surface area contributed by atoms with Crippen molar-refractivity contribution in [1.29, 1.82) is 0 Å². The van der Waals surface area contributed by atoms with E-state index in [9.17, 15) is 4.79 Å². The summed E-state index contributed by atoms with van der Waals surface area (Å²) in [5.41, 5.74) is 9.86. The smallest absolute Gasteiger partial charge is 0.275 e. The van der Waals surface area contributed by atoms with Gasteiger partial charge >= 0.3 is 0 Å². The number of hydrogen-bond donors (Lipinski definition) is 2. The Kier molecular flexibility index (Phi) is 6.01. The fraction of sp³-hybridized carbons (Fsp3) is 0.269. The summed E-state index contributed by atoms with van der Waals surface area (Å²) in [4.78, 5) is 30.7. The number of rotatable bonds is 4. The second-order valence-electron chi connectivity index (χ2n) is 8.76. The van der Waals surface area contributed by atoms with Crippen molar-refractivity contribution in [1.82, 2.24) is 15.0 Å². The quantitative estimate of drug-likeness (QED) is 0.532. The van der Waals surface area contributed by atoms with Crippen molar-refractivity contribution in [3.63, 3.8) is 0 Å². The van der Waals surface area contributed by atoms with Gasteiger partial charge in [0, 0.05) is 22.6 Å². The molecule has 1 atom stereocenters. The van der Waals surface area contributed by atoms with Crippen molar-refractivity contribution < 1.29 is 19.0 Å². The van der Waals surface area contributed by atoms with Gasteiger partial charge in [-0.05, 0) is 42.7 Å². The topological polar surface area (TPSA) is 134 Å². The molecule has 3 aromatic rings. The van der Waals surface area contributed by atoms with E-state index in [1.807, 2.05) is 18.2 Å². The Morgan fingerprint density at radius 1 is 1.14 bits per heavy atom. The van der Waals surface area contributed by atoms with Crippen molar-refractivity contribution in [3.8, 4) is 17.4 Å². The lowest BCUT2D eigenvalue weighted by atomic mass is 9.78. The van der Waals surface area contributed by atoms with Crippen LogP contribution in [0.3, 0.4) is 0 Å². The van der Waals surface area contributed by atoms with Crippen molar-refractivity contribution in [2.75, 3.05) is 31.4 Å². The van der Waals surface area contributed by atoms with E-state index in [4.69, 9.17) is 24.9 Å². The van der Waals surface area contributed by atoms with Crippen LogP contribution in [-0.2, 0) is 10.3 Å². The minimum absolute atomic E-state index is 0.171. The molecule has 1 aromatic carbocycles. The lowest BCUT2D eigenvalue weighted by Crippen LogP contribution is -2.36. The molecule has 2 aromatic heterocycles. The number of benzene rings is 1. The molecule has 1 spiro atoms. The second kappa shape index (κ2) is 9.49. The van der Waals surface area contributed by atoms with Gasteiger partial charge in [0.2, 0.25) is 5.88 Å². The van der Waals surface area contributed by atoms with Gasteiger partial charge in [-0.2, -0.15) is 0 Å². The van der Waals surface area contributed by atoms with E-state index in [1.165, 1.54) is 31.3 Å². The lowest BCUT2D eigenvalue weighted by Gasteiger charge is -2.39. The first-order chi connectivity index (χ1) is 18.1. The highest BCUT2D eigenvalue weighted by Crippen LogP contribution is 2.53. The van der Waals surface area contributed by atoms with E-state index >= 15 is 0 Å². The van der Waals surface area contributed by atoms with Crippen molar-refractivity contribution >= 4 is 34.1 Å². The molecule has 0 saturated carbocycles. The predicted molar refractivity (Wildman–Crippen MR) is 140 cm³/mol. The highest BCUT2D eigenvalue weighted by molar-refractivity contribution is 8.13. The molecule has 188 valence electrons. The highest BCUT2D eigenvalue weighted by atomic mass is 32.2. The number of amidine groups is 1. The molecule has 0 aliphatic carbocycles. The molecular formula is C26H24N6O4S. The number of hydrogen-bond acceptors (Lipinski definition) is 10. The monoisotopic (exact) mass is 516 g/mol. The zero-order valence-corrected chi connectivity index (χ0v) is 20.9.